The summed E-state index contributed by atoms with van der Waals surface area (Å²) < 4.78 is 57.0. The van der Waals surface area contributed by atoms with E-state index in [2.05, 4.69) is 20.1 Å². The summed E-state index contributed by atoms with van der Waals surface area (Å²) in [5.74, 6) is -2.17. The third-order valence-corrected chi connectivity index (χ3v) is 2.27. The lowest BCUT2D eigenvalue weighted by molar-refractivity contribution is -0.136. The van der Waals surface area contributed by atoms with Gasteiger partial charge in [-0.1, -0.05) is 0 Å². The van der Waals surface area contributed by atoms with Gasteiger partial charge in [0, 0.05) is 12.6 Å². The van der Waals surface area contributed by atoms with Crippen LogP contribution in [0.3, 0.4) is 0 Å². The van der Waals surface area contributed by atoms with Gasteiger partial charge in [-0.15, -0.1) is 0 Å². The van der Waals surface area contributed by atoms with Crippen molar-refractivity contribution in [3.63, 3.8) is 0 Å². The Morgan fingerprint density at radius 2 is 1.78 bits per heavy atom. The number of halogens is 4. The maximum atomic E-state index is 12.3. The Morgan fingerprint density at radius 3 is 2.35 bits per heavy atom. The van der Waals surface area contributed by atoms with Crippen molar-refractivity contribution >= 4 is 17.7 Å². The molecule has 0 aliphatic rings. The van der Waals surface area contributed by atoms with Gasteiger partial charge in [0.05, 0.1) is 12.1 Å². The predicted molar refractivity (Wildman–Crippen MR) is 69.0 cm³/mol. The first-order valence-corrected chi connectivity index (χ1v) is 6.08. The zero-order valence-corrected chi connectivity index (χ0v) is 11.4. The number of benzene rings is 1. The van der Waals surface area contributed by atoms with E-state index < -0.39 is 36.7 Å². The second-order valence-electron chi connectivity index (χ2n) is 3.94. The molecule has 0 unspecified atom stereocenters. The number of carbonyl (C=O) groups is 2. The molecule has 0 saturated carbocycles. The molecule has 1 rings (SSSR count). The average molecular weight is 340 g/mol. The second-order valence-corrected chi connectivity index (χ2v) is 3.94. The highest BCUT2D eigenvalue weighted by Gasteiger charge is 2.15. The predicted octanol–water partition coefficient (Wildman–Crippen LogP) is 2.49. The molecule has 0 atom stereocenters. The van der Waals surface area contributed by atoms with Crippen molar-refractivity contribution < 1.29 is 41.7 Å². The number of carboxylic acid groups (broad SMARTS) is 1. The van der Waals surface area contributed by atoms with E-state index in [1.54, 1.807) is 0 Å². The standard InChI is InChI=1S/C12H12F4N2O5/c13-10(14)22-6-1-2-7(8(5-6)23-11(15)16)18-12(21)17-4-3-9(19)20/h1-2,5,10-11H,3-4H2,(H,19,20)(H2,17,18,21). The Balaban J connectivity index is 2.78. The van der Waals surface area contributed by atoms with Gasteiger partial charge in [-0.3, -0.25) is 4.79 Å². The van der Waals surface area contributed by atoms with Crippen LogP contribution in [0.5, 0.6) is 11.5 Å². The van der Waals surface area contributed by atoms with E-state index in [9.17, 15) is 27.2 Å². The number of urea groups is 1. The smallest absolute Gasteiger partial charge is 0.387 e. The summed E-state index contributed by atoms with van der Waals surface area (Å²) in [7, 11) is 0. The van der Waals surface area contributed by atoms with Gasteiger partial charge >= 0.3 is 25.2 Å². The quantitative estimate of drug-likeness (QED) is 0.632. The molecule has 1 aromatic carbocycles. The van der Waals surface area contributed by atoms with Crippen LogP contribution in [0.15, 0.2) is 18.2 Å². The number of hydrogen-bond donors (Lipinski definition) is 3. The number of aliphatic carboxylic acids is 1. The largest absolute Gasteiger partial charge is 0.481 e. The third-order valence-electron chi connectivity index (χ3n) is 2.27. The first kappa shape index (κ1) is 18.3. The maximum absolute atomic E-state index is 12.3. The summed E-state index contributed by atoms with van der Waals surface area (Å²) in [4.78, 5) is 21.8. The minimum atomic E-state index is -3.26. The highest BCUT2D eigenvalue weighted by molar-refractivity contribution is 5.91. The van der Waals surface area contributed by atoms with Gasteiger partial charge in [-0.25, -0.2) is 4.79 Å². The normalized spacial score (nSPS) is 10.5. The molecule has 7 nitrogen and oxygen atoms in total. The maximum Gasteiger partial charge on any atom is 0.387 e. The number of alkyl halides is 4. The van der Waals surface area contributed by atoms with Crippen LogP contribution >= 0.6 is 0 Å². The van der Waals surface area contributed by atoms with Gasteiger partial charge in [0.25, 0.3) is 0 Å². The Kier molecular flexibility index (Phi) is 6.90. The van der Waals surface area contributed by atoms with Crippen molar-refractivity contribution in [3.05, 3.63) is 18.2 Å². The summed E-state index contributed by atoms with van der Waals surface area (Å²) in [6.45, 7) is -6.61. The minimum absolute atomic E-state index is 0.196. The van der Waals surface area contributed by atoms with E-state index in [4.69, 9.17) is 5.11 Å². The highest BCUT2D eigenvalue weighted by atomic mass is 19.3. The molecule has 0 aromatic heterocycles. The van der Waals surface area contributed by atoms with Crippen molar-refractivity contribution in [1.29, 1.82) is 0 Å². The van der Waals surface area contributed by atoms with E-state index in [0.717, 1.165) is 18.2 Å². The van der Waals surface area contributed by atoms with Crippen LogP contribution in [0.25, 0.3) is 0 Å². The number of carboxylic acids is 1. The summed E-state index contributed by atoms with van der Waals surface area (Å²) in [5.41, 5.74) is -0.236. The molecule has 0 heterocycles. The third kappa shape index (κ3) is 7.20. The SMILES string of the molecule is O=C(O)CCNC(=O)Nc1ccc(OC(F)F)cc1OC(F)F. The number of anilines is 1. The van der Waals surface area contributed by atoms with Crippen molar-refractivity contribution in [2.24, 2.45) is 0 Å². The van der Waals surface area contributed by atoms with Crippen LogP contribution in [-0.2, 0) is 4.79 Å². The first-order chi connectivity index (χ1) is 10.8. The Labute approximate surface area is 127 Å². The Morgan fingerprint density at radius 1 is 1.13 bits per heavy atom. The van der Waals surface area contributed by atoms with Crippen LogP contribution in [0, 0.1) is 0 Å². The highest BCUT2D eigenvalue weighted by Crippen LogP contribution is 2.31. The fourth-order valence-corrected chi connectivity index (χ4v) is 1.43. The number of nitrogens with one attached hydrogen (secondary N) is 2. The molecule has 2 amide bonds. The van der Waals surface area contributed by atoms with Crippen molar-refractivity contribution in [2.45, 2.75) is 19.6 Å². The molecule has 3 N–H and O–H groups in total. The molecule has 11 heteroatoms. The molecule has 0 fully saturated rings. The molecule has 0 radical (unpaired) electrons. The number of hydrogen-bond acceptors (Lipinski definition) is 4. The van der Waals surface area contributed by atoms with Gasteiger partial charge in [0.2, 0.25) is 0 Å². The lowest BCUT2D eigenvalue weighted by Gasteiger charge is -2.14. The zero-order valence-electron chi connectivity index (χ0n) is 11.4. The van der Waals surface area contributed by atoms with Crippen LogP contribution in [0.1, 0.15) is 6.42 Å². The Bertz CT molecular complexity index is 556. The number of rotatable bonds is 8. The number of carbonyl (C=O) groups excluding carboxylic acids is 1. The van der Waals surface area contributed by atoms with E-state index in [1.807, 2.05) is 0 Å². The van der Waals surface area contributed by atoms with Gasteiger partial charge in [-0.05, 0) is 12.1 Å². The first-order valence-electron chi connectivity index (χ1n) is 6.08. The van der Waals surface area contributed by atoms with Gasteiger partial charge in [-0.2, -0.15) is 17.6 Å². The van der Waals surface area contributed by atoms with Crippen LogP contribution < -0.4 is 20.1 Å². The average Bonchev–Trinajstić information content (AvgIpc) is 2.40. The molecule has 0 saturated heterocycles. The molecular formula is C12H12F4N2O5. The van der Waals surface area contributed by atoms with E-state index in [1.165, 1.54) is 0 Å². The fourth-order valence-electron chi connectivity index (χ4n) is 1.43. The molecule has 1 aromatic rings. The monoisotopic (exact) mass is 340 g/mol. The molecular weight excluding hydrogens is 328 g/mol. The lowest BCUT2D eigenvalue weighted by Crippen LogP contribution is -2.30. The van der Waals surface area contributed by atoms with Crippen LogP contribution in [-0.4, -0.2) is 36.9 Å². The lowest BCUT2D eigenvalue weighted by atomic mass is 10.2. The Hall–Kier alpha value is -2.72. The van der Waals surface area contributed by atoms with E-state index in [-0.39, 0.29) is 18.7 Å². The van der Waals surface area contributed by atoms with Gasteiger partial charge < -0.3 is 25.2 Å². The number of ether oxygens (including phenoxy) is 2. The van der Waals surface area contributed by atoms with E-state index >= 15 is 0 Å². The van der Waals surface area contributed by atoms with Crippen molar-refractivity contribution in [2.75, 3.05) is 11.9 Å². The van der Waals surface area contributed by atoms with Crippen molar-refractivity contribution in [3.8, 4) is 11.5 Å². The molecule has 23 heavy (non-hydrogen) atoms. The number of amides is 2. The van der Waals surface area contributed by atoms with Gasteiger partial charge in [0.15, 0.2) is 5.75 Å². The van der Waals surface area contributed by atoms with Crippen LogP contribution in [0.2, 0.25) is 0 Å². The van der Waals surface area contributed by atoms with Crippen LogP contribution in [0.4, 0.5) is 28.0 Å². The molecule has 0 bridgehead atoms. The summed E-state index contributed by atoms with van der Waals surface area (Å²) >= 11 is 0. The fraction of sp³-hybridized carbons (Fsp3) is 0.333. The zero-order chi connectivity index (χ0) is 17.4. The molecule has 0 spiro atoms. The molecule has 0 aliphatic carbocycles. The summed E-state index contributed by atoms with van der Waals surface area (Å²) in [6.07, 6.45) is -0.338. The van der Waals surface area contributed by atoms with Gasteiger partial charge in [0.1, 0.15) is 5.75 Å². The summed E-state index contributed by atoms with van der Waals surface area (Å²) in [5, 5.41) is 12.7. The second kappa shape index (κ2) is 8.66. The molecule has 128 valence electrons. The van der Waals surface area contributed by atoms with Crippen molar-refractivity contribution in [1.82, 2.24) is 5.32 Å². The topological polar surface area (TPSA) is 96.9 Å². The molecule has 0 aliphatic heterocycles. The van der Waals surface area contributed by atoms with E-state index in [0.29, 0.717) is 0 Å². The summed E-state index contributed by atoms with van der Waals surface area (Å²) in [6, 6.07) is 1.90. The minimum Gasteiger partial charge on any atom is -0.481 e.